The third-order valence-electron chi connectivity index (χ3n) is 3.75. The van der Waals surface area contributed by atoms with Gasteiger partial charge in [-0.3, -0.25) is 14.4 Å². The highest BCUT2D eigenvalue weighted by atomic mass is 79.9. The molecule has 4 N–H and O–H groups in total. The zero-order valence-electron chi connectivity index (χ0n) is 15.2. The number of hydrogen-bond acceptors (Lipinski definition) is 5. The summed E-state index contributed by atoms with van der Waals surface area (Å²) >= 11 is 4.67. The number of halogens is 1. The maximum Gasteiger partial charge on any atom is 0.275 e. The molecule has 0 aliphatic rings. The molecule has 9 heteroatoms. The van der Waals surface area contributed by atoms with Gasteiger partial charge in [-0.25, -0.2) is 4.98 Å². The zero-order valence-corrected chi connectivity index (χ0v) is 17.6. The number of unbranched alkanes of at least 4 members (excludes halogenated alkanes) is 2. The normalized spacial score (nSPS) is 10.3. The Bertz CT molecular complexity index is 864. The number of thiazole rings is 1. The molecule has 1 aromatic heterocycles. The van der Waals surface area contributed by atoms with Crippen molar-refractivity contribution in [1.29, 1.82) is 0 Å². The van der Waals surface area contributed by atoms with Gasteiger partial charge in [-0.1, -0.05) is 28.9 Å². The number of anilines is 1. The Kier molecular flexibility index (Phi) is 8.34. The number of nitrogens with one attached hydrogen (secondary N) is 2. The number of aromatic nitrogens is 1. The van der Waals surface area contributed by atoms with Crippen molar-refractivity contribution >= 4 is 50.7 Å². The lowest BCUT2D eigenvalue weighted by Gasteiger charge is -2.06. The summed E-state index contributed by atoms with van der Waals surface area (Å²) in [5, 5.41) is 8.35. The number of amides is 3. The van der Waals surface area contributed by atoms with Crippen molar-refractivity contribution in [3.05, 3.63) is 47.6 Å². The van der Waals surface area contributed by atoms with Crippen LogP contribution in [0.4, 0.5) is 5.69 Å². The van der Waals surface area contributed by atoms with E-state index in [9.17, 15) is 14.4 Å². The Labute approximate surface area is 175 Å². The van der Waals surface area contributed by atoms with Crippen LogP contribution in [0, 0.1) is 0 Å². The Morgan fingerprint density at radius 2 is 1.86 bits per heavy atom. The summed E-state index contributed by atoms with van der Waals surface area (Å²) in [7, 11) is 0. The summed E-state index contributed by atoms with van der Waals surface area (Å²) in [6.07, 6.45) is 3.44. The van der Waals surface area contributed by atoms with Crippen molar-refractivity contribution in [1.82, 2.24) is 10.3 Å². The lowest BCUT2D eigenvalue weighted by Crippen LogP contribution is -2.30. The predicted molar refractivity (Wildman–Crippen MR) is 114 cm³/mol. The minimum absolute atomic E-state index is 0.00907. The molecule has 0 saturated heterocycles. The average Bonchev–Trinajstić information content (AvgIpc) is 3.16. The van der Waals surface area contributed by atoms with E-state index in [-0.39, 0.29) is 17.3 Å². The number of hydrogen-bond donors (Lipinski definition) is 3. The van der Waals surface area contributed by atoms with E-state index in [1.807, 2.05) is 12.1 Å². The monoisotopic (exact) mass is 464 g/mol. The van der Waals surface area contributed by atoms with Gasteiger partial charge in [-0.2, -0.15) is 0 Å². The maximum absolute atomic E-state index is 12.0. The molecule has 148 valence electrons. The second kappa shape index (κ2) is 10.7. The second-order valence-corrected chi connectivity index (χ2v) is 7.61. The molecule has 0 spiro atoms. The molecule has 2 aromatic rings. The van der Waals surface area contributed by atoms with Gasteiger partial charge in [0.25, 0.3) is 11.8 Å². The third kappa shape index (κ3) is 6.58. The SMILES string of the molecule is C=C(NC(=O)c1csc(-c2ccc(NC(=O)CCCCCBr)cc2)n1)C(N)=O. The molecule has 0 atom stereocenters. The summed E-state index contributed by atoms with van der Waals surface area (Å²) in [6.45, 7) is 3.38. The standard InChI is InChI=1S/C19H21BrN4O3S/c1-12(17(21)26)22-18(27)15-11-28-19(24-15)13-6-8-14(9-7-13)23-16(25)5-3-2-4-10-20/h6-9,11H,1-5,10H2,(H2,21,26)(H,22,27)(H,23,25). The highest BCUT2D eigenvalue weighted by Crippen LogP contribution is 2.25. The average molecular weight is 465 g/mol. The van der Waals surface area contributed by atoms with E-state index in [0.717, 1.165) is 30.2 Å². The Balaban J connectivity index is 1.94. The Morgan fingerprint density at radius 1 is 1.14 bits per heavy atom. The molecule has 0 saturated carbocycles. The van der Waals surface area contributed by atoms with Crippen LogP contribution in [-0.4, -0.2) is 28.0 Å². The van der Waals surface area contributed by atoms with E-state index >= 15 is 0 Å². The fourth-order valence-corrected chi connectivity index (χ4v) is 3.45. The highest BCUT2D eigenvalue weighted by molar-refractivity contribution is 9.09. The topological polar surface area (TPSA) is 114 Å². The molecule has 28 heavy (non-hydrogen) atoms. The van der Waals surface area contributed by atoms with Gasteiger partial charge in [0, 0.05) is 28.4 Å². The molecule has 0 fully saturated rings. The molecule has 0 unspecified atom stereocenters. The number of benzene rings is 1. The van der Waals surface area contributed by atoms with Crippen molar-refractivity contribution in [3.63, 3.8) is 0 Å². The summed E-state index contributed by atoms with van der Waals surface area (Å²) in [5.74, 6) is -1.36. The first kappa shape index (κ1) is 21.8. The van der Waals surface area contributed by atoms with Crippen molar-refractivity contribution in [3.8, 4) is 10.6 Å². The predicted octanol–water partition coefficient (Wildman–Crippen LogP) is 3.43. The van der Waals surface area contributed by atoms with E-state index in [2.05, 4.69) is 38.1 Å². The van der Waals surface area contributed by atoms with Gasteiger partial charge in [0.1, 0.15) is 10.7 Å². The largest absolute Gasteiger partial charge is 0.364 e. The first-order valence-electron chi connectivity index (χ1n) is 8.62. The molecule has 0 aliphatic heterocycles. The van der Waals surface area contributed by atoms with Crippen molar-refractivity contribution in [2.75, 3.05) is 10.6 Å². The van der Waals surface area contributed by atoms with Crippen LogP contribution in [0.5, 0.6) is 0 Å². The minimum Gasteiger partial charge on any atom is -0.364 e. The molecule has 7 nitrogen and oxygen atoms in total. The number of nitrogens with zero attached hydrogens (tertiary/aromatic N) is 1. The van der Waals surface area contributed by atoms with Gasteiger partial charge in [-0.15, -0.1) is 11.3 Å². The molecular weight excluding hydrogens is 444 g/mol. The number of rotatable bonds is 10. The fraction of sp³-hybridized carbons (Fsp3) is 0.263. The van der Waals surface area contributed by atoms with Gasteiger partial charge in [0.05, 0.1) is 5.70 Å². The minimum atomic E-state index is -0.801. The van der Waals surface area contributed by atoms with Crippen molar-refractivity contribution < 1.29 is 14.4 Å². The van der Waals surface area contributed by atoms with Gasteiger partial charge >= 0.3 is 0 Å². The van der Waals surface area contributed by atoms with Gasteiger partial charge in [0.2, 0.25) is 5.91 Å². The Hall–Kier alpha value is -2.52. The molecule has 2 rings (SSSR count). The summed E-state index contributed by atoms with van der Waals surface area (Å²) < 4.78 is 0. The van der Waals surface area contributed by atoms with Gasteiger partial charge in [0.15, 0.2) is 0 Å². The molecule has 0 radical (unpaired) electrons. The zero-order chi connectivity index (χ0) is 20.5. The van der Waals surface area contributed by atoms with E-state index in [0.29, 0.717) is 17.1 Å². The van der Waals surface area contributed by atoms with Crippen LogP contribution in [-0.2, 0) is 9.59 Å². The lowest BCUT2D eigenvalue weighted by molar-refractivity contribution is -0.116. The van der Waals surface area contributed by atoms with Crippen LogP contribution >= 0.6 is 27.3 Å². The molecular formula is C19H21BrN4O3S. The quantitative estimate of drug-likeness (QED) is 0.283. The van der Waals surface area contributed by atoms with Crippen LogP contribution in [0.15, 0.2) is 41.9 Å². The number of nitrogens with two attached hydrogens (primary N) is 1. The van der Waals surface area contributed by atoms with E-state index in [1.54, 1.807) is 17.5 Å². The number of carbonyl (C=O) groups is 3. The molecule has 3 amide bonds. The number of alkyl halides is 1. The van der Waals surface area contributed by atoms with Gasteiger partial charge < -0.3 is 16.4 Å². The summed E-state index contributed by atoms with van der Waals surface area (Å²) in [6, 6.07) is 7.23. The summed E-state index contributed by atoms with van der Waals surface area (Å²) in [5.41, 5.74) is 6.55. The number of primary amides is 1. The summed E-state index contributed by atoms with van der Waals surface area (Å²) in [4.78, 5) is 39.2. The lowest BCUT2D eigenvalue weighted by atomic mass is 10.2. The highest BCUT2D eigenvalue weighted by Gasteiger charge is 2.14. The van der Waals surface area contributed by atoms with Crippen molar-refractivity contribution in [2.45, 2.75) is 25.7 Å². The first-order chi connectivity index (χ1) is 13.4. The Morgan fingerprint density at radius 3 is 2.50 bits per heavy atom. The molecule has 1 aromatic carbocycles. The fourth-order valence-electron chi connectivity index (χ4n) is 2.25. The van der Waals surface area contributed by atoms with Crippen LogP contribution in [0.25, 0.3) is 10.6 Å². The maximum atomic E-state index is 12.0. The molecule has 0 aliphatic carbocycles. The van der Waals surface area contributed by atoms with Crippen molar-refractivity contribution in [2.24, 2.45) is 5.73 Å². The molecule has 1 heterocycles. The smallest absolute Gasteiger partial charge is 0.275 e. The van der Waals surface area contributed by atoms with E-state index in [1.165, 1.54) is 11.3 Å². The second-order valence-electron chi connectivity index (χ2n) is 5.96. The molecule has 0 bridgehead atoms. The van der Waals surface area contributed by atoms with E-state index < -0.39 is 11.8 Å². The van der Waals surface area contributed by atoms with Crippen LogP contribution in [0.3, 0.4) is 0 Å². The number of carbonyl (C=O) groups excluding carboxylic acids is 3. The van der Waals surface area contributed by atoms with Crippen LogP contribution < -0.4 is 16.4 Å². The van der Waals surface area contributed by atoms with Crippen LogP contribution in [0.2, 0.25) is 0 Å². The first-order valence-corrected chi connectivity index (χ1v) is 10.6. The third-order valence-corrected chi connectivity index (χ3v) is 5.20. The van der Waals surface area contributed by atoms with Gasteiger partial charge in [-0.05, 0) is 37.1 Å². The van der Waals surface area contributed by atoms with Crippen LogP contribution in [0.1, 0.15) is 36.2 Å². The van der Waals surface area contributed by atoms with E-state index in [4.69, 9.17) is 5.73 Å².